The molecular formula is C15H19N3O4. The summed E-state index contributed by atoms with van der Waals surface area (Å²) in [6.07, 6.45) is 3.10. The molecule has 7 nitrogen and oxygen atoms in total. The number of carbonyl (C=O) groups excluding carboxylic acids is 2. The first-order valence-electron chi connectivity index (χ1n) is 7.33. The number of amides is 1. The molecule has 7 heteroatoms. The fraction of sp³-hybridized carbons (Fsp3) is 0.600. The van der Waals surface area contributed by atoms with Gasteiger partial charge in [-0.3, -0.25) is 4.79 Å². The Morgan fingerprint density at radius 2 is 2.14 bits per heavy atom. The number of hydrogen-bond acceptors (Lipinski definition) is 6. The summed E-state index contributed by atoms with van der Waals surface area (Å²) in [4.78, 5) is 24.0. The van der Waals surface area contributed by atoms with Crippen LogP contribution in [0.2, 0.25) is 0 Å². The summed E-state index contributed by atoms with van der Waals surface area (Å²) in [5, 5.41) is 15.6. The van der Waals surface area contributed by atoms with Gasteiger partial charge in [-0.2, -0.15) is 5.26 Å². The van der Waals surface area contributed by atoms with Gasteiger partial charge in [-0.25, -0.2) is 4.79 Å². The fourth-order valence-corrected chi connectivity index (χ4v) is 2.49. The minimum Gasteiger partial charge on any atom is -0.447 e. The zero-order chi connectivity index (χ0) is 16.2. The number of carbonyl (C=O) groups is 2. The van der Waals surface area contributed by atoms with Gasteiger partial charge in [0.2, 0.25) is 5.76 Å². The van der Waals surface area contributed by atoms with Crippen molar-refractivity contribution in [1.29, 1.82) is 5.26 Å². The Morgan fingerprint density at radius 1 is 1.45 bits per heavy atom. The van der Waals surface area contributed by atoms with E-state index in [4.69, 9.17) is 9.26 Å². The molecule has 1 saturated carbocycles. The molecule has 1 heterocycles. The van der Waals surface area contributed by atoms with Crippen LogP contribution in [0.1, 0.15) is 55.3 Å². The smallest absolute Gasteiger partial charge is 0.377 e. The van der Waals surface area contributed by atoms with Crippen LogP contribution in [0, 0.1) is 18.3 Å². The van der Waals surface area contributed by atoms with E-state index in [1.54, 1.807) is 6.92 Å². The molecule has 0 bridgehead atoms. The van der Waals surface area contributed by atoms with Gasteiger partial charge < -0.3 is 14.6 Å². The monoisotopic (exact) mass is 305 g/mol. The lowest BCUT2D eigenvalue weighted by atomic mass is 9.83. The summed E-state index contributed by atoms with van der Waals surface area (Å²) in [6.45, 7) is 3.14. The Morgan fingerprint density at radius 3 is 2.68 bits per heavy atom. The number of nitrogens with one attached hydrogen (secondary N) is 1. The van der Waals surface area contributed by atoms with E-state index in [0.717, 1.165) is 19.3 Å². The molecule has 1 aliphatic carbocycles. The molecule has 1 aromatic heterocycles. The van der Waals surface area contributed by atoms with E-state index in [1.807, 2.05) is 0 Å². The van der Waals surface area contributed by atoms with Crippen LogP contribution >= 0.6 is 0 Å². The molecule has 2 rings (SSSR count). The average molecular weight is 305 g/mol. The van der Waals surface area contributed by atoms with Gasteiger partial charge in [0.15, 0.2) is 6.10 Å². The Hall–Kier alpha value is -2.36. The highest BCUT2D eigenvalue weighted by Gasteiger charge is 2.35. The van der Waals surface area contributed by atoms with Crippen molar-refractivity contribution in [1.82, 2.24) is 10.5 Å². The second-order valence-electron chi connectivity index (χ2n) is 5.62. The largest absolute Gasteiger partial charge is 0.447 e. The van der Waals surface area contributed by atoms with Gasteiger partial charge in [-0.1, -0.05) is 24.4 Å². The van der Waals surface area contributed by atoms with Crippen molar-refractivity contribution in [3.8, 4) is 6.07 Å². The summed E-state index contributed by atoms with van der Waals surface area (Å²) >= 11 is 0. The number of esters is 1. The predicted molar refractivity (Wildman–Crippen MR) is 75.7 cm³/mol. The summed E-state index contributed by atoms with van der Waals surface area (Å²) in [5.41, 5.74) is -0.298. The molecule has 1 N–H and O–H groups in total. The summed E-state index contributed by atoms with van der Waals surface area (Å²) in [5.74, 6) is -1.28. The average Bonchev–Trinajstić information content (AvgIpc) is 2.94. The molecule has 0 aliphatic heterocycles. The summed E-state index contributed by atoms with van der Waals surface area (Å²) in [6, 6.07) is 3.63. The van der Waals surface area contributed by atoms with Crippen molar-refractivity contribution >= 4 is 11.9 Å². The van der Waals surface area contributed by atoms with E-state index in [-0.39, 0.29) is 5.76 Å². The lowest BCUT2D eigenvalue weighted by Crippen LogP contribution is -2.52. The molecule has 118 valence electrons. The van der Waals surface area contributed by atoms with E-state index >= 15 is 0 Å². The first-order valence-corrected chi connectivity index (χ1v) is 7.33. The van der Waals surface area contributed by atoms with Crippen molar-refractivity contribution < 1.29 is 18.8 Å². The maximum Gasteiger partial charge on any atom is 0.377 e. The van der Waals surface area contributed by atoms with Crippen LogP contribution in [0.25, 0.3) is 0 Å². The van der Waals surface area contributed by atoms with Crippen molar-refractivity contribution in [3.05, 3.63) is 17.5 Å². The second-order valence-corrected chi connectivity index (χ2v) is 5.62. The number of hydrogen-bond donors (Lipinski definition) is 1. The molecule has 0 unspecified atom stereocenters. The van der Waals surface area contributed by atoms with E-state index in [9.17, 15) is 14.9 Å². The third-order valence-electron chi connectivity index (χ3n) is 3.77. The van der Waals surface area contributed by atoms with Gasteiger partial charge in [0.05, 0.1) is 11.8 Å². The van der Waals surface area contributed by atoms with E-state index < -0.39 is 23.5 Å². The van der Waals surface area contributed by atoms with Crippen LogP contribution in [-0.2, 0) is 9.53 Å². The van der Waals surface area contributed by atoms with Crippen LogP contribution in [-0.4, -0.2) is 28.7 Å². The predicted octanol–water partition coefficient (Wildman–Crippen LogP) is 1.87. The molecule has 1 aliphatic rings. The number of nitrogens with zero attached hydrogens (tertiary/aromatic N) is 2. The molecule has 22 heavy (non-hydrogen) atoms. The second kappa shape index (κ2) is 6.60. The van der Waals surface area contributed by atoms with Crippen LogP contribution in [0.15, 0.2) is 10.6 Å². The highest BCUT2D eigenvalue weighted by Crippen LogP contribution is 2.27. The number of aryl methyl sites for hydroxylation is 1. The highest BCUT2D eigenvalue weighted by molar-refractivity contribution is 5.90. The zero-order valence-electron chi connectivity index (χ0n) is 12.7. The van der Waals surface area contributed by atoms with Crippen molar-refractivity contribution in [2.75, 3.05) is 0 Å². The van der Waals surface area contributed by atoms with Gasteiger partial charge >= 0.3 is 5.97 Å². The van der Waals surface area contributed by atoms with Crippen LogP contribution in [0.3, 0.4) is 0 Å². The maximum atomic E-state index is 12.2. The van der Waals surface area contributed by atoms with Gasteiger partial charge in [-0.15, -0.1) is 0 Å². The lowest BCUT2D eigenvalue weighted by molar-refractivity contribution is -0.130. The zero-order valence-corrected chi connectivity index (χ0v) is 12.7. The maximum absolute atomic E-state index is 12.2. The Labute approximate surface area is 128 Å². The molecule has 0 aromatic carbocycles. The van der Waals surface area contributed by atoms with E-state index in [0.29, 0.717) is 18.5 Å². The lowest BCUT2D eigenvalue weighted by Gasteiger charge is -2.32. The SMILES string of the molecule is Cc1cc(C(=O)O[C@H](C)C(=O)NC2(C#N)CCCCC2)on1. The van der Waals surface area contributed by atoms with Gasteiger partial charge in [0.1, 0.15) is 5.54 Å². The molecule has 0 radical (unpaired) electrons. The Kier molecular flexibility index (Phi) is 4.81. The summed E-state index contributed by atoms with van der Waals surface area (Å²) < 4.78 is 9.84. The molecule has 1 fully saturated rings. The van der Waals surface area contributed by atoms with E-state index in [2.05, 4.69) is 16.5 Å². The normalized spacial score (nSPS) is 18.0. The van der Waals surface area contributed by atoms with Crippen LogP contribution in [0.5, 0.6) is 0 Å². The van der Waals surface area contributed by atoms with Gasteiger partial charge in [-0.05, 0) is 26.7 Å². The first kappa shape index (κ1) is 16.0. The van der Waals surface area contributed by atoms with Crippen LogP contribution < -0.4 is 5.32 Å². The highest BCUT2D eigenvalue weighted by atomic mass is 16.6. The number of aromatic nitrogens is 1. The Balaban J connectivity index is 1.94. The molecule has 1 aromatic rings. The van der Waals surface area contributed by atoms with Gasteiger partial charge in [0.25, 0.3) is 5.91 Å². The topological polar surface area (TPSA) is 105 Å². The van der Waals surface area contributed by atoms with Crippen molar-refractivity contribution in [3.63, 3.8) is 0 Å². The standard InChI is InChI=1S/C15H19N3O4/c1-10-8-12(22-18-10)14(20)21-11(2)13(19)17-15(9-16)6-4-3-5-7-15/h8,11H,3-7H2,1-2H3,(H,17,19)/t11-/m1/s1. The van der Waals surface area contributed by atoms with Gasteiger partial charge in [0, 0.05) is 6.07 Å². The minimum atomic E-state index is -1.01. The minimum absolute atomic E-state index is 0.0511. The van der Waals surface area contributed by atoms with Crippen molar-refractivity contribution in [2.24, 2.45) is 0 Å². The number of rotatable bonds is 4. The summed E-state index contributed by atoms with van der Waals surface area (Å²) in [7, 11) is 0. The van der Waals surface area contributed by atoms with E-state index in [1.165, 1.54) is 13.0 Å². The number of ether oxygens (including phenoxy) is 1. The van der Waals surface area contributed by atoms with Crippen molar-refractivity contribution in [2.45, 2.75) is 57.6 Å². The third-order valence-corrected chi connectivity index (χ3v) is 3.77. The number of nitriles is 1. The molecular weight excluding hydrogens is 286 g/mol. The first-order chi connectivity index (χ1) is 10.5. The quantitative estimate of drug-likeness (QED) is 0.851. The fourth-order valence-electron chi connectivity index (χ4n) is 2.49. The molecule has 0 spiro atoms. The molecule has 0 saturated heterocycles. The molecule has 1 atom stereocenters. The Bertz CT molecular complexity index is 596. The van der Waals surface area contributed by atoms with Crippen LogP contribution in [0.4, 0.5) is 0 Å². The molecule has 1 amide bonds. The third kappa shape index (κ3) is 3.64.